The van der Waals surface area contributed by atoms with Crippen molar-refractivity contribution in [1.29, 1.82) is 0 Å². The minimum absolute atomic E-state index is 0.241. The molecule has 88 valence electrons. The topological polar surface area (TPSA) is 76.1 Å². The van der Waals surface area contributed by atoms with Gasteiger partial charge in [-0.05, 0) is 37.1 Å². The Labute approximate surface area is 98.9 Å². The fourth-order valence-corrected chi connectivity index (χ4v) is 1.73. The van der Waals surface area contributed by atoms with Gasteiger partial charge in [0, 0.05) is 12.1 Å². The van der Waals surface area contributed by atoms with Crippen molar-refractivity contribution in [1.82, 2.24) is 9.78 Å². The van der Waals surface area contributed by atoms with E-state index >= 15 is 0 Å². The number of hydrogen-bond acceptors (Lipinski definition) is 4. The highest BCUT2D eigenvalue weighted by Gasteiger charge is 2.23. The molecule has 1 aliphatic carbocycles. The number of aromatic hydroxyl groups is 1. The van der Waals surface area contributed by atoms with Crippen LogP contribution in [0.2, 0.25) is 0 Å². The second-order valence-electron chi connectivity index (χ2n) is 4.30. The number of nitrogens with two attached hydrogens (primary N) is 1. The molecule has 0 unspecified atom stereocenters. The van der Waals surface area contributed by atoms with Crippen molar-refractivity contribution in [3.8, 4) is 11.4 Å². The molecule has 0 spiro atoms. The molecule has 1 fully saturated rings. The van der Waals surface area contributed by atoms with Gasteiger partial charge in [0.2, 0.25) is 0 Å². The maximum absolute atomic E-state index is 9.26. The third-order valence-electron chi connectivity index (χ3n) is 2.75. The average molecular weight is 230 g/mol. The fraction of sp³-hybridized carbons (Fsp3) is 0.250. The molecule has 0 amide bonds. The molecule has 0 bridgehead atoms. The third-order valence-corrected chi connectivity index (χ3v) is 2.75. The summed E-state index contributed by atoms with van der Waals surface area (Å²) in [5, 5.41) is 16.9. The van der Waals surface area contributed by atoms with Gasteiger partial charge in [0.1, 0.15) is 17.4 Å². The van der Waals surface area contributed by atoms with Gasteiger partial charge in [0.15, 0.2) is 0 Å². The van der Waals surface area contributed by atoms with Gasteiger partial charge in [-0.15, -0.1) is 5.10 Å². The number of phenols is 1. The van der Waals surface area contributed by atoms with E-state index in [2.05, 4.69) is 10.4 Å². The zero-order chi connectivity index (χ0) is 11.8. The first-order valence-electron chi connectivity index (χ1n) is 5.64. The average Bonchev–Trinajstić information content (AvgIpc) is 3.03. The highest BCUT2D eigenvalue weighted by Crippen LogP contribution is 2.27. The zero-order valence-corrected chi connectivity index (χ0v) is 9.30. The highest BCUT2D eigenvalue weighted by atomic mass is 16.3. The van der Waals surface area contributed by atoms with E-state index < -0.39 is 0 Å². The van der Waals surface area contributed by atoms with Crippen LogP contribution in [0.5, 0.6) is 5.75 Å². The number of benzene rings is 1. The molecule has 0 atom stereocenters. The van der Waals surface area contributed by atoms with Crippen LogP contribution in [0, 0.1) is 0 Å². The summed E-state index contributed by atoms with van der Waals surface area (Å²) in [5.41, 5.74) is 6.60. The molecule has 5 nitrogen and oxygen atoms in total. The first-order valence-corrected chi connectivity index (χ1v) is 5.64. The summed E-state index contributed by atoms with van der Waals surface area (Å²) in [6.45, 7) is 0. The van der Waals surface area contributed by atoms with Crippen LogP contribution in [0.4, 0.5) is 11.6 Å². The smallest absolute Gasteiger partial charge is 0.148 e. The number of nitrogens with zero attached hydrogens (tertiary/aromatic N) is 2. The van der Waals surface area contributed by atoms with E-state index in [1.54, 1.807) is 28.9 Å². The van der Waals surface area contributed by atoms with E-state index in [1.807, 2.05) is 6.07 Å². The van der Waals surface area contributed by atoms with Crippen LogP contribution < -0.4 is 11.1 Å². The molecule has 17 heavy (non-hydrogen) atoms. The van der Waals surface area contributed by atoms with E-state index in [9.17, 15) is 5.11 Å². The Bertz CT molecular complexity index is 528. The standard InChI is InChI=1S/C12H14N4O/c13-11-7-12(14-8-1-2-8)16(15-11)9-3-5-10(17)6-4-9/h3-8,14,17H,1-2H2,(H2,13,15). The molecule has 1 aliphatic rings. The number of phenolic OH excluding ortho intramolecular Hbond substituents is 1. The molecule has 2 aromatic rings. The summed E-state index contributed by atoms with van der Waals surface area (Å²) in [6.07, 6.45) is 2.39. The minimum Gasteiger partial charge on any atom is -0.508 e. The van der Waals surface area contributed by atoms with Gasteiger partial charge in [-0.25, -0.2) is 4.68 Å². The van der Waals surface area contributed by atoms with Crippen molar-refractivity contribution in [2.75, 3.05) is 11.1 Å². The largest absolute Gasteiger partial charge is 0.508 e. The maximum atomic E-state index is 9.26. The number of anilines is 2. The van der Waals surface area contributed by atoms with E-state index in [4.69, 9.17) is 5.73 Å². The summed E-state index contributed by atoms with van der Waals surface area (Å²) >= 11 is 0. The highest BCUT2D eigenvalue weighted by molar-refractivity contribution is 5.53. The van der Waals surface area contributed by atoms with Crippen LogP contribution in [-0.4, -0.2) is 20.9 Å². The van der Waals surface area contributed by atoms with E-state index in [1.165, 1.54) is 12.8 Å². The van der Waals surface area contributed by atoms with Crippen molar-refractivity contribution in [3.05, 3.63) is 30.3 Å². The second-order valence-corrected chi connectivity index (χ2v) is 4.30. The van der Waals surface area contributed by atoms with E-state index in [-0.39, 0.29) is 5.75 Å². The van der Waals surface area contributed by atoms with Crippen LogP contribution in [-0.2, 0) is 0 Å². The molecule has 1 heterocycles. The van der Waals surface area contributed by atoms with Crippen LogP contribution in [0.3, 0.4) is 0 Å². The summed E-state index contributed by atoms with van der Waals surface area (Å²) < 4.78 is 1.76. The molecule has 0 radical (unpaired) electrons. The lowest BCUT2D eigenvalue weighted by Gasteiger charge is -2.08. The maximum Gasteiger partial charge on any atom is 0.148 e. The van der Waals surface area contributed by atoms with Crippen LogP contribution >= 0.6 is 0 Å². The number of nitrogen functional groups attached to an aromatic ring is 1. The first-order chi connectivity index (χ1) is 8.22. The Morgan fingerprint density at radius 1 is 1.29 bits per heavy atom. The zero-order valence-electron chi connectivity index (χ0n) is 9.30. The van der Waals surface area contributed by atoms with Gasteiger partial charge in [0.05, 0.1) is 5.69 Å². The molecule has 1 aromatic heterocycles. The molecule has 0 aliphatic heterocycles. The lowest BCUT2D eigenvalue weighted by molar-refractivity contribution is 0.475. The lowest BCUT2D eigenvalue weighted by Crippen LogP contribution is -2.07. The van der Waals surface area contributed by atoms with Crippen molar-refractivity contribution in [3.63, 3.8) is 0 Å². The van der Waals surface area contributed by atoms with Gasteiger partial charge < -0.3 is 16.2 Å². The summed E-state index contributed by atoms with van der Waals surface area (Å²) in [7, 11) is 0. The quantitative estimate of drug-likeness (QED) is 0.750. The van der Waals surface area contributed by atoms with Crippen LogP contribution in [0.25, 0.3) is 5.69 Å². The summed E-state index contributed by atoms with van der Waals surface area (Å²) in [5.74, 6) is 1.63. The third kappa shape index (κ3) is 2.04. The number of rotatable bonds is 3. The minimum atomic E-state index is 0.241. The van der Waals surface area contributed by atoms with Crippen molar-refractivity contribution < 1.29 is 5.11 Å². The molecule has 1 aromatic carbocycles. The van der Waals surface area contributed by atoms with Crippen molar-refractivity contribution >= 4 is 11.6 Å². The molecule has 4 N–H and O–H groups in total. The number of hydrogen-bond donors (Lipinski definition) is 3. The fourth-order valence-electron chi connectivity index (χ4n) is 1.73. The van der Waals surface area contributed by atoms with Crippen LogP contribution in [0.15, 0.2) is 30.3 Å². The number of aromatic nitrogens is 2. The SMILES string of the molecule is Nc1cc(NC2CC2)n(-c2ccc(O)cc2)n1. The van der Waals surface area contributed by atoms with Gasteiger partial charge in [-0.3, -0.25) is 0 Å². The Balaban J connectivity index is 1.97. The van der Waals surface area contributed by atoms with E-state index in [0.717, 1.165) is 11.5 Å². The Morgan fingerprint density at radius 3 is 2.65 bits per heavy atom. The van der Waals surface area contributed by atoms with Gasteiger partial charge in [-0.1, -0.05) is 0 Å². The molecule has 3 rings (SSSR count). The molecular formula is C12H14N4O. The number of nitrogens with one attached hydrogen (secondary N) is 1. The van der Waals surface area contributed by atoms with Crippen molar-refractivity contribution in [2.45, 2.75) is 18.9 Å². The Hall–Kier alpha value is -2.17. The van der Waals surface area contributed by atoms with Gasteiger partial charge in [-0.2, -0.15) is 0 Å². The van der Waals surface area contributed by atoms with Crippen molar-refractivity contribution in [2.24, 2.45) is 0 Å². The van der Waals surface area contributed by atoms with Crippen LogP contribution in [0.1, 0.15) is 12.8 Å². The predicted octanol–water partition coefficient (Wildman–Crippen LogP) is 1.73. The lowest BCUT2D eigenvalue weighted by atomic mass is 10.3. The van der Waals surface area contributed by atoms with Gasteiger partial charge >= 0.3 is 0 Å². The Morgan fingerprint density at radius 2 is 2.00 bits per heavy atom. The van der Waals surface area contributed by atoms with E-state index in [0.29, 0.717) is 11.9 Å². The summed E-state index contributed by atoms with van der Waals surface area (Å²) in [6, 6.07) is 9.24. The molecule has 0 saturated heterocycles. The Kier molecular flexibility index (Phi) is 2.18. The molecule has 1 saturated carbocycles. The predicted molar refractivity (Wildman–Crippen MR) is 66.3 cm³/mol. The molecular weight excluding hydrogens is 216 g/mol. The summed E-state index contributed by atoms with van der Waals surface area (Å²) in [4.78, 5) is 0. The molecule has 5 heteroatoms. The normalized spacial score (nSPS) is 14.8. The first kappa shape index (κ1) is 10.0. The van der Waals surface area contributed by atoms with Gasteiger partial charge in [0.25, 0.3) is 0 Å². The monoisotopic (exact) mass is 230 g/mol. The second kappa shape index (κ2) is 3.69.